The molecule has 156 valence electrons. The van der Waals surface area contributed by atoms with Crippen LogP contribution >= 0.6 is 0 Å². The fourth-order valence-corrected chi connectivity index (χ4v) is 3.91. The highest BCUT2D eigenvalue weighted by molar-refractivity contribution is 5.79. The van der Waals surface area contributed by atoms with Crippen molar-refractivity contribution in [2.75, 3.05) is 13.1 Å². The van der Waals surface area contributed by atoms with Crippen LogP contribution in [0.15, 0.2) is 48.5 Å². The van der Waals surface area contributed by atoms with Crippen LogP contribution < -0.4 is 5.32 Å². The molecule has 1 aliphatic rings. The molecule has 0 unspecified atom stereocenters. The molecule has 0 aromatic heterocycles. The van der Waals surface area contributed by atoms with Crippen molar-refractivity contribution in [3.63, 3.8) is 0 Å². The van der Waals surface area contributed by atoms with Crippen molar-refractivity contribution < 1.29 is 9.18 Å². The first kappa shape index (κ1) is 21.5. The first-order chi connectivity index (χ1) is 13.7. The zero-order valence-electron chi connectivity index (χ0n) is 18.0. The van der Waals surface area contributed by atoms with E-state index in [1.807, 2.05) is 19.1 Å². The van der Waals surface area contributed by atoms with Crippen LogP contribution in [0, 0.1) is 11.7 Å². The van der Waals surface area contributed by atoms with Gasteiger partial charge >= 0.3 is 0 Å². The monoisotopic (exact) mass is 396 g/mol. The lowest BCUT2D eigenvalue weighted by molar-refractivity contribution is -0.127. The Morgan fingerprint density at radius 2 is 1.72 bits per heavy atom. The standard InChI is InChI=1S/C25H33FN2O/c1-18(19-9-11-22(12-10-19)25(2,3)4)27-24(29)20-13-15-28(16-14-20)17-21-7-5-6-8-23(21)26/h5-12,18,20H,13-17H2,1-4H3,(H,27,29)/t18-/m0/s1. The molecule has 29 heavy (non-hydrogen) atoms. The SMILES string of the molecule is C[C@H](NC(=O)C1CCN(Cc2ccccc2F)CC1)c1ccc(C(C)(C)C)cc1. The summed E-state index contributed by atoms with van der Waals surface area (Å²) in [6.07, 6.45) is 1.63. The maximum absolute atomic E-state index is 13.9. The molecule has 0 saturated carbocycles. The fourth-order valence-electron chi connectivity index (χ4n) is 3.91. The molecule has 2 aromatic carbocycles. The maximum Gasteiger partial charge on any atom is 0.223 e. The third-order valence-corrected chi connectivity index (χ3v) is 5.95. The number of likely N-dealkylation sites (tertiary alicyclic amines) is 1. The summed E-state index contributed by atoms with van der Waals surface area (Å²) in [5.41, 5.74) is 3.27. The summed E-state index contributed by atoms with van der Waals surface area (Å²) >= 11 is 0. The summed E-state index contributed by atoms with van der Waals surface area (Å²) in [5.74, 6) is 0.00442. The van der Waals surface area contributed by atoms with Crippen LogP contribution in [0.5, 0.6) is 0 Å². The summed E-state index contributed by atoms with van der Waals surface area (Å²) in [4.78, 5) is 15.0. The van der Waals surface area contributed by atoms with Crippen LogP contribution in [0.1, 0.15) is 63.3 Å². The summed E-state index contributed by atoms with van der Waals surface area (Å²) < 4.78 is 13.9. The first-order valence-corrected chi connectivity index (χ1v) is 10.6. The van der Waals surface area contributed by atoms with Gasteiger partial charge in [0.1, 0.15) is 5.82 Å². The third-order valence-electron chi connectivity index (χ3n) is 5.95. The van der Waals surface area contributed by atoms with Crippen LogP contribution in [0.2, 0.25) is 0 Å². The number of carbonyl (C=O) groups excluding carboxylic acids is 1. The lowest BCUT2D eigenvalue weighted by Gasteiger charge is -2.32. The van der Waals surface area contributed by atoms with Crippen molar-refractivity contribution in [1.82, 2.24) is 10.2 Å². The second-order valence-corrected chi connectivity index (χ2v) is 9.24. The number of rotatable bonds is 5. The quantitative estimate of drug-likeness (QED) is 0.752. The van der Waals surface area contributed by atoms with Gasteiger partial charge in [-0.05, 0) is 55.5 Å². The number of nitrogens with zero attached hydrogens (tertiary/aromatic N) is 1. The van der Waals surface area contributed by atoms with Crippen molar-refractivity contribution in [2.24, 2.45) is 5.92 Å². The Labute approximate surface area is 174 Å². The molecule has 0 spiro atoms. The number of hydrogen-bond acceptors (Lipinski definition) is 2. The van der Waals surface area contributed by atoms with Crippen molar-refractivity contribution >= 4 is 5.91 Å². The van der Waals surface area contributed by atoms with Crippen molar-refractivity contribution in [2.45, 2.75) is 58.5 Å². The molecule has 1 aliphatic heterocycles. The van der Waals surface area contributed by atoms with Crippen LogP contribution in [-0.2, 0) is 16.8 Å². The van der Waals surface area contributed by atoms with Gasteiger partial charge in [-0.3, -0.25) is 9.69 Å². The molecule has 3 rings (SSSR count). The number of carbonyl (C=O) groups is 1. The van der Waals surface area contributed by atoms with Gasteiger partial charge in [0.25, 0.3) is 0 Å². The molecule has 1 N–H and O–H groups in total. The van der Waals surface area contributed by atoms with Gasteiger partial charge in [-0.1, -0.05) is 63.2 Å². The molecule has 1 amide bonds. The van der Waals surface area contributed by atoms with Gasteiger partial charge in [0, 0.05) is 18.0 Å². The molecule has 2 aromatic rings. The molecular formula is C25H33FN2O. The number of amides is 1. The Bertz CT molecular complexity index is 817. The normalized spacial score (nSPS) is 17.1. The van der Waals surface area contributed by atoms with E-state index in [1.54, 1.807) is 6.07 Å². The summed E-state index contributed by atoms with van der Waals surface area (Å²) in [6.45, 7) is 10.9. The topological polar surface area (TPSA) is 32.3 Å². The molecule has 4 heteroatoms. The van der Waals surface area contributed by atoms with Crippen molar-refractivity contribution in [1.29, 1.82) is 0 Å². The van der Waals surface area contributed by atoms with Crippen LogP contribution in [-0.4, -0.2) is 23.9 Å². The van der Waals surface area contributed by atoms with Crippen LogP contribution in [0.4, 0.5) is 4.39 Å². The Morgan fingerprint density at radius 1 is 1.10 bits per heavy atom. The maximum atomic E-state index is 13.9. The average Bonchev–Trinajstić information content (AvgIpc) is 2.69. The second-order valence-electron chi connectivity index (χ2n) is 9.24. The summed E-state index contributed by atoms with van der Waals surface area (Å²) in [5, 5.41) is 3.18. The molecule has 1 atom stereocenters. The first-order valence-electron chi connectivity index (χ1n) is 10.6. The van der Waals surface area contributed by atoms with Crippen LogP contribution in [0.25, 0.3) is 0 Å². The molecule has 1 heterocycles. The second kappa shape index (κ2) is 9.08. The van der Waals surface area contributed by atoms with E-state index >= 15 is 0 Å². The Hall–Kier alpha value is -2.20. The number of hydrogen-bond donors (Lipinski definition) is 1. The zero-order chi connectivity index (χ0) is 21.0. The Balaban J connectivity index is 1.50. The lowest BCUT2D eigenvalue weighted by atomic mass is 9.86. The number of halogens is 1. The van der Waals surface area contributed by atoms with Crippen molar-refractivity contribution in [3.05, 3.63) is 71.0 Å². The molecule has 0 aliphatic carbocycles. The Kier molecular flexibility index (Phi) is 6.74. The van der Waals surface area contributed by atoms with Gasteiger partial charge in [0.2, 0.25) is 5.91 Å². The summed E-state index contributed by atoms with van der Waals surface area (Å²) in [7, 11) is 0. The van der Waals surface area contributed by atoms with Crippen LogP contribution in [0.3, 0.4) is 0 Å². The predicted octanol–water partition coefficient (Wildman–Crippen LogP) is 5.21. The number of benzene rings is 2. The number of piperidine rings is 1. The fraction of sp³-hybridized carbons (Fsp3) is 0.480. The van der Waals surface area contributed by atoms with E-state index in [2.05, 4.69) is 55.3 Å². The van der Waals surface area contributed by atoms with Gasteiger partial charge in [-0.25, -0.2) is 4.39 Å². The van der Waals surface area contributed by atoms with E-state index < -0.39 is 0 Å². The molecule has 0 bridgehead atoms. The predicted molar refractivity (Wildman–Crippen MR) is 116 cm³/mol. The van der Waals surface area contributed by atoms with E-state index in [0.29, 0.717) is 6.54 Å². The van der Waals surface area contributed by atoms with Gasteiger partial charge in [0.05, 0.1) is 6.04 Å². The van der Waals surface area contributed by atoms with Gasteiger partial charge < -0.3 is 5.32 Å². The highest BCUT2D eigenvalue weighted by Gasteiger charge is 2.26. The molecule has 1 saturated heterocycles. The zero-order valence-corrected chi connectivity index (χ0v) is 18.0. The average molecular weight is 397 g/mol. The lowest BCUT2D eigenvalue weighted by Crippen LogP contribution is -2.41. The van der Waals surface area contributed by atoms with E-state index in [9.17, 15) is 9.18 Å². The van der Waals surface area contributed by atoms with E-state index in [4.69, 9.17) is 0 Å². The van der Waals surface area contributed by atoms with Crippen molar-refractivity contribution in [3.8, 4) is 0 Å². The highest BCUT2D eigenvalue weighted by atomic mass is 19.1. The molecule has 3 nitrogen and oxygen atoms in total. The molecule has 1 fully saturated rings. The minimum absolute atomic E-state index is 0.00652. The van der Waals surface area contributed by atoms with E-state index in [-0.39, 0.29) is 29.1 Å². The summed E-state index contributed by atoms with van der Waals surface area (Å²) in [6, 6.07) is 15.4. The van der Waals surface area contributed by atoms with Gasteiger partial charge in [0.15, 0.2) is 0 Å². The van der Waals surface area contributed by atoms with E-state index in [0.717, 1.165) is 37.1 Å². The third kappa shape index (κ3) is 5.66. The van der Waals surface area contributed by atoms with Gasteiger partial charge in [-0.2, -0.15) is 0 Å². The minimum Gasteiger partial charge on any atom is -0.349 e. The number of nitrogens with one attached hydrogen (secondary N) is 1. The molecule has 0 radical (unpaired) electrons. The Morgan fingerprint density at radius 3 is 2.31 bits per heavy atom. The molecular weight excluding hydrogens is 363 g/mol. The largest absolute Gasteiger partial charge is 0.349 e. The smallest absolute Gasteiger partial charge is 0.223 e. The minimum atomic E-state index is -0.154. The van der Waals surface area contributed by atoms with E-state index in [1.165, 1.54) is 11.6 Å². The van der Waals surface area contributed by atoms with Gasteiger partial charge in [-0.15, -0.1) is 0 Å². The highest BCUT2D eigenvalue weighted by Crippen LogP contribution is 2.25.